The number of fused-ring (bicyclic) bond motifs is 1. The van der Waals surface area contributed by atoms with Crippen LogP contribution < -0.4 is 0 Å². The number of hydrogen-bond acceptors (Lipinski definition) is 3. The van der Waals surface area contributed by atoms with E-state index in [1.54, 1.807) is 12.4 Å². The predicted molar refractivity (Wildman–Crippen MR) is 49.8 cm³/mol. The van der Waals surface area contributed by atoms with Crippen LogP contribution >= 0.6 is 15.9 Å². The minimum Gasteiger partial charge on any atom is -0.251 e. The number of nitrogens with zero attached hydrogens (tertiary/aromatic N) is 3. The van der Waals surface area contributed by atoms with E-state index in [4.69, 9.17) is 0 Å². The van der Waals surface area contributed by atoms with Crippen molar-refractivity contribution in [1.82, 2.24) is 15.0 Å². The fraction of sp³-hybridized carbons (Fsp3) is 0.125. The summed E-state index contributed by atoms with van der Waals surface area (Å²) in [6.45, 7) is 1.93. The molecule has 0 bridgehead atoms. The van der Waals surface area contributed by atoms with Gasteiger partial charge in [-0.2, -0.15) is 0 Å². The first-order valence-corrected chi connectivity index (χ1v) is 4.30. The molecule has 0 saturated carbocycles. The molecule has 0 saturated heterocycles. The van der Waals surface area contributed by atoms with Gasteiger partial charge in [-0.15, -0.1) is 0 Å². The van der Waals surface area contributed by atoms with Crippen molar-refractivity contribution < 1.29 is 0 Å². The first-order chi connectivity index (χ1) is 5.77. The second-order valence-electron chi connectivity index (χ2n) is 2.45. The molecule has 4 heteroatoms. The zero-order chi connectivity index (χ0) is 8.55. The van der Waals surface area contributed by atoms with Gasteiger partial charge in [0.25, 0.3) is 0 Å². The molecule has 2 heterocycles. The monoisotopic (exact) mass is 223 g/mol. The van der Waals surface area contributed by atoms with Crippen LogP contribution in [0.5, 0.6) is 0 Å². The van der Waals surface area contributed by atoms with Crippen LogP contribution in [0.3, 0.4) is 0 Å². The third-order valence-corrected chi connectivity index (χ3v) is 2.39. The van der Waals surface area contributed by atoms with Gasteiger partial charge in [0.15, 0.2) is 5.65 Å². The van der Waals surface area contributed by atoms with Crippen LogP contribution in [0.1, 0.15) is 5.69 Å². The summed E-state index contributed by atoms with van der Waals surface area (Å²) in [5.41, 5.74) is 2.44. The van der Waals surface area contributed by atoms with E-state index in [9.17, 15) is 0 Å². The Hall–Kier alpha value is -1.03. The second kappa shape index (κ2) is 2.79. The van der Waals surface area contributed by atoms with Crippen molar-refractivity contribution >= 4 is 27.1 Å². The van der Waals surface area contributed by atoms with Crippen LogP contribution in [0.15, 0.2) is 22.9 Å². The van der Waals surface area contributed by atoms with Crippen molar-refractivity contribution in [3.63, 3.8) is 0 Å². The molecule has 0 aliphatic carbocycles. The summed E-state index contributed by atoms with van der Waals surface area (Å²) in [6, 6.07) is 1.92. The Kier molecular flexibility index (Phi) is 1.77. The molecule has 0 aromatic carbocycles. The van der Waals surface area contributed by atoms with Gasteiger partial charge in [0.1, 0.15) is 5.52 Å². The van der Waals surface area contributed by atoms with E-state index in [1.165, 1.54) is 0 Å². The number of pyridine rings is 1. The number of hydrogen-bond donors (Lipinski definition) is 0. The summed E-state index contributed by atoms with van der Waals surface area (Å²) in [4.78, 5) is 12.5. The Morgan fingerprint density at radius 3 is 2.83 bits per heavy atom. The van der Waals surface area contributed by atoms with Gasteiger partial charge in [-0.05, 0) is 28.9 Å². The van der Waals surface area contributed by atoms with Gasteiger partial charge in [-0.25, -0.2) is 9.97 Å². The van der Waals surface area contributed by atoms with Crippen LogP contribution in [0.2, 0.25) is 0 Å². The van der Waals surface area contributed by atoms with Crippen molar-refractivity contribution in [3.8, 4) is 0 Å². The molecule has 0 radical (unpaired) electrons. The molecule has 0 aliphatic rings. The maximum Gasteiger partial charge on any atom is 0.178 e. The average Bonchev–Trinajstić information content (AvgIpc) is 2.07. The van der Waals surface area contributed by atoms with E-state index in [-0.39, 0.29) is 0 Å². The van der Waals surface area contributed by atoms with Gasteiger partial charge in [0.2, 0.25) is 0 Å². The Morgan fingerprint density at radius 2 is 2.00 bits per heavy atom. The second-order valence-corrected chi connectivity index (χ2v) is 3.31. The molecule has 0 aliphatic heterocycles. The van der Waals surface area contributed by atoms with Gasteiger partial charge in [-0.3, -0.25) is 4.98 Å². The third kappa shape index (κ3) is 1.18. The summed E-state index contributed by atoms with van der Waals surface area (Å²) in [5, 5.41) is 0. The summed E-state index contributed by atoms with van der Waals surface area (Å²) in [5.74, 6) is 0. The molecule has 3 nitrogen and oxygen atoms in total. The van der Waals surface area contributed by atoms with E-state index in [0.29, 0.717) is 5.65 Å². The van der Waals surface area contributed by atoms with Crippen molar-refractivity contribution in [2.45, 2.75) is 6.92 Å². The summed E-state index contributed by atoms with van der Waals surface area (Å²) in [6.07, 6.45) is 3.30. The zero-order valence-corrected chi connectivity index (χ0v) is 8.04. The molecule has 0 unspecified atom stereocenters. The van der Waals surface area contributed by atoms with Crippen molar-refractivity contribution in [3.05, 3.63) is 28.6 Å². The molecule has 0 atom stereocenters. The molecule has 2 aromatic rings. The fourth-order valence-corrected chi connectivity index (χ4v) is 1.27. The van der Waals surface area contributed by atoms with Gasteiger partial charge < -0.3 is 0 Å². The SMILES string of the molecule is Cc1nc2nccnc2cc1Br. The van der Waals surface area contributed by atoms with Crippen LogP contribution in [0, 0.1) is 6.92 Å². The topological polar surface area (TPSA) is 38.7 Å². The largest absolute Gasteiger partial charge is 0.251 e. The van der Waals surface area contributed by atoms with E-state index >= 15 is 0 Å². The highest BCUT2D eigenvalue weighted by molar-refractivity contribution is 9.10. The highest BCUT2D eigenvalue weighted by atomic mass is 79.9. The minimum atomic E-state index is 0.693. The van der Waals surface area contributed by atoms with Crippen LogP contribution in [-0.4, -0.2) is 15.0 Å². The smallest absolute Gasteiger partial charge is 0.178 e. The lowest BCUT2D eigenvalue weighted by molar-refractivity contribution is 1.16. The van der Waals surface area contributed by atoms with Gasteiger partial charge in [0.05, 0.1) is 5.69 Å². The number of aryl methyl sites for hydroxylation is 1. The summed E-state index contributed by atoms with van der Waals surface area (Å²) in [7, 11) is 0. The Morgan fingerprint density at radius 1 is 1.25 bits per heavy atom. The van der Waals surface area contributed by atoms with E-state index in [0.717, 1.165) is 15.7 Å². The minimum absolute atomic E-state index is 0.693. The number of aromatic nitrogens is 3. The first-order valence-electron chi connectivity index (χ1n) is 3.51. The van der Waals surface area contributed by atoms with Crippen LogP contribution in [-0.2, 0) is 0 Å². The molecular formula is C8H6BrN3. The number of halogens is 1. The normalized spacial score (nSPS) is 10.5. The summed E-state index contributed by atoms with van der Waals surface area (Å²) < 4.78 is 0.968. The molecule has 60 valence electrons. The zero-order valence-electron chi connectivity index (χ0n) is 6.45. The van der Waals surface area contributed by atoms with Gasteiger partial charge in [-0.1, -0.05) is 0 Å². The number of rotatable bonds is 0. The molecule has 12 heavy (non-hydrogen) atoms. The van der Waals surface area contributed by atoms with Crippen LogP contribution in [0.4, 0.5) is 0 Å². The van der Waals surface area contributed by atoms with Gasteiger partial charge >= 0.3 is 0 Å². The highest BCUT2D eigenvalue weighted by Gasteiger charge is 2.00. The first kappa shape index (κ1) is 7.61. The molecule has 0 amide bonds. The lowest BCUT2D eigenvalue weighted by atomic mass is 10.3. The van der Waals surface area contributed by atoms with Crippen molar-refractivity contribution in [2.24, 2.45) is 0 Å². The predicted octanol–water partition coefficient (Wildman–Crippen LogP) is 2.10. The van der Waals surface area contributed by atoms with E-state index in [2.05, 4.69) is 30.9 Å². The van der Waals surface area contributed by atoms with E-state index in [1.807, 2.05) is 13.0 Å². The van der Waals surface area contributed by atoms with Crippen LogP contribution in [0.25, 0.3) is 11.2 Å². The highest BCUT2D eigenvalue weighted by Crippen LogP contribution is 2.17. The maximum absolute atomic E-state index is 4.25. The average molecular weight is 224 g/mol. The Balaban J connectivity index is 2.84. The standard InChI is InChI=1S/C8H6BrN3/c1-5-6(9)4-7-8(12-5)11-3-2-10-7/h2-4H,1H3. The lowest BCUT2D eigenvalue weighted by Gasteiger charge is -1.98. The molecule has 0 fully saturated rings. The quantitative estimate of drug-likeness (QED) is 0.687. The molecule has 2 rings (SSSR count). The van der Waals surface area contributed by atoms with Gasteiger partial charge in [0, 0.05) is 16.9 Å². The van der Waals surface area contributed by atoms with Crippen molar-refractivity contribution in [2.75, 3.05) is 0 Å². The summed E-state index contributed by atoms with van der Waals surface area (Å²) >= 11 is 3.39. The molecule has 0 N–H and O–H groups in total. The van der Waals surface area contributed by atoms with E-state index < -0.39 is 0 Å². The molecule has 2 aromatic heterocycles. The lowest BCUT2D eigenvalue weighted by Crippen LogP contribution is -1.89. The molecular weight excluding hydrogens is 218 g/mol. The maximum atomic E-state index is 4.25. The molecule has 0 spiro atoms. The van der Waals surface area contributed by atoms with Crippen molar-refractivity contribution in [1.29, 1.82) is 0 Å². The third-order valence-electron chi connectivity index (χ3n) is 1.59. The fourth-order valence-electron chi connectivity index (χ4n) is 0.966. The Labute approximate surface area is 78.0 Å². The Bertz CT molecular complexity index is 387.